The fourth-order valence-corrected chi connectivity index (χ4v) is 5.38. The Bertz CT molecular complexity index is 1070. The number of aromatic nitrogens is 1. The molecule has 0 spiro atoms. The summed E-state index contributed by atoms with van der Waals surface area (Å²) < 4.78 is 6.37. The number of pyridine rings is 1. The number of nitrogens with one attached hydrogen (secondary N) is 1. The standard InChI is InChI=1S/C23H21Cl2N3OS/c24-16-9-5-8-15(20(16)25)18-11-12-19(29-18)22-21(17-10-3-4-13-26-17)27-23(30)28(22)14-6-1-2-7-14/h3-5,8-14,21-22H,1-2,6-7H2,(H,27,30)/t21-,22+/m1/s1. The molecule has 0 bridgehead atoms. The Hall–Kier alpha value is -2.08. The van der Waals surface area contributed by atoms with Gasteiger partial charge in [0.25, 0.3) is 0 Å². The Labute approximate surface area is 191 Å². The molecule has 154 valence electrons. The molecular weight excluding hydrogens is 437 g/mol. The highest BCUT2D eigenvalue weighted by molar-refractivity contribution is 7.80. The number of nitrogens with zero attached hydrogens (tertiary/aromatic N) is 2. The van der Waals surface area contributed by atoms with E-state index in [4.69, 9.17) is 39.8 Å². The van der Waals surface area contributed by atoms with E-state index in [0.717, 1.165) is 35.0 Å². The number of benzene rings is 1. The van der Waals surface area contributed by atoms with Gasteiger partial charge in [-0.05, 0) is 61.5 Å². The van der Waals surface area contributed by atoms with Crippen LogP contribution in [0.5, 0.6) is 0 Å². The van der Waals surface area contributed by atoms with E-state index in [0.29, 0.717) is 21.8 Å². The summed E-state index contributed by atoms with van der Waals surface area (Å²) in [7, 11) is 0. The average Bonchev–Trinajstić information content (AvgIpc) is 3.50. The molecule has 1 N–H and O–H groups in total. The summed E-state index contributed by atoms with van der Waals surface area (Å²) in [4.78, 5) is 6.92. The highest BCUT2D eigenvalue weighted by atomic mass is 35.5. The summed E-state index contributed by atoms with van der Waals surface area (Å²) in [6, 6.07) is 15.8. The molecule has 1 aromatic carbocycles. The van der Waals surface area contributed by atoms with Crippen molar-refractivity contribution in [2.45, 2.75) is 43.8 Å². The highest BCUT2D eigenvalue weighted by Crippen LogP contribution is 2.44. The van der Waals surface area contributed by atoms with Crippen LogP contribution in [0.2, 0.25) is 10.0 Å². The third-order valence-electron chi connectivity index (χ3n) is 5.99. The Balaban J connectivity index is 1.57. The molecule has 1 saturated carbocycles. The second-order valence-corrected chi connectivity index (χ2v) is 8.95. The monoisotopic (exact) mass is 457 g/mol. The lowest BCUT2D eigenvalue weighted by molar-refractivity contribution is 0.218. The molecule has 1 saturated heterocycles. The maximum Gasteiger partial charge on any atom is 0.170 e. The summed E-state index contributed by atoms with van der Waals surface area (Å²) in [6.45, 7) is 0. The second kappa shape index (κ2) is 8.22. The van der Waals surface area contributed by atoms with Gasteiger partial charge in [0.2, 0.25) is 0 Å². The largest absolute Gasteiger partial charge is 0.459 e. The first-order valence-electron chi connectivity index (χ1n) is 10.2. The van der Waals surface area contributed by atoms with Crippen LogP contribution < -0.4 is 5.32 Å². The summed E-state index contributed by atoms with van der Waals surface area (Å²) in [5.41, 5.74) is 1.73. The summed E-state index contributed by atoms with van der Waals surface area (Å²) >= 11 is 18.4. The van der Waals surface area contributed by atoms with Gasteiger partial charge in [-0.1, -0.05) is 48.2 Å². The van der Waals surface area contributed by atoms with Gasteiger partial charge >= 0.3 is 0 Å². The lowest BCUT2D eigenvalue weighted by Gasteiger charge is -2.31. The maximum atomic E-state index is 6.43. The van der Waals surface area contributed by atoms with Gasteiger partial charge in [0.05, 0.1) is 21.8 Å². The molecule has 3 heterocycles. The molecule has 7 heteroatoms. The molecule has 1 aliphatic carbocycles. The zero-order valence-corrected chi connectivity index (χ0v) is 18.6. The molecule has 0 radical (unpaired) electrons. The maximum absolute atomic E-state index is 6.43. The first-order valence-corrected chi connectivity index (χ1v) is 11.3. The van der Waals surface area contributed by atoms with Crippen molar-refractivity contribution in [2.75, 3.05) is 0 Å². The third-order valence-corrected chi connectivity index (χ3v) is 7.14. The number of halogens is 2. The quantitative estimate of drug-likeness (QED) is 0.448. The van der Waals surface area contributed by atoms with Crippen LogP contribution >= 0.6 is 35.4 Å². The highest BCUT2D eigenvalue weighted by Gasteiger charge is 2.45. The van der Waals surface area contributed by atoms with Crippen molar-refractivity contribution < 1.29 is 4.42 Å². The summed E-state index contributed by atoms with van der Waals surface area (Å²) in [5, 5.41) is 5.27. The predicted molar refractivity (Wildman–Crippen MR) is 124 cm³/mol. The van der Waals surface area contributed by atoms with Gasteiger partial charge in [0.15, 0.2) is 5.11 Å². The molecule has 4 nitrogen and oxygen atoms in total. The first-order chi connectivity index (χ1) is 14.6. The van der Waals surface area contributed by atoms with E-state index >= 15 is 0 Å². The Kier molecular flexibility index (Phi) is 5.44. The normalized spacial score (nSPS) is 21.9. The van der Waals surface area contributed by atoms with E-state index in [1.165, 1.54) is 12.8 Å². The second-order valence-electron chi connectivity index (χ2n) is 7.78. The topological polar surface area (TPSA) is 41.3 Å². The fraction of sp³-hybridized carbons (Fsp3) is 0.304. The van der Waals surface area contributed by atoms with Gasteiger partial charge in [-0.3, -0.25) is 4.98 Å². The third kappa shape index (κ3) is 3.49. The van der Waals surface area contributed by atoms with Crippen molar-refractivity contribution in [2.24, 2.45) is 0 Å². The number of furan rings is 1. The predicted octanol–water partition coefficient (Wildman–Crippen LogP) is 6.56. The molecule has 0 amide bonds. The van der Waals surface area contributed by atoms with Gasteiger partial charge in [-0.15, -0.1) is 0 Å². The van der Waals surface area contributed by atoms with E-state index in [1.54, 1.807) is 6.07 Å². The molecule has 2 atom stereocenters. The minimum atomic E-state index is -0.0758. The molecule has 30 heavy (non-hydrogen) atoms. The van der Waals surface area contributed by atoms with E-state index in [2.05, 4.69) is 15.2 Å². The van der Waals surface area contributed by atoms with Crippen LogP contribution in [0.3, 0.4) is 0 Å². The zero-order chi connectivity index (χ0) is 20.7. The van der Waals surface area contributed by atoms with Crippen LogP contribution in [0.4, 0.5) is 0 Å². The van der Waals surface area contributed by atoms with E-state index in [1.807, 2.05) is 48.7 Å². The van der Waals surface area contributed by atoms with Gasteiger partial charge in [-0.25, -0.2) is 0 Å². The van der Waals surface area contributed by atoms with Crippen molar-refractivity contribution >= 4 is 40.5 Å². The molecule has 3 aromatic rings. The average molecular weight is 458 g/mol. The smallest absolute Gasteiger partial charge is 0.170 e. The van der Waals surface area contributed by atoms with Gasteiger partial charge in [0, 0.05) is 17.8 Å². The van der Waals surface area contributed by atoms with Crippen molar-refractivity contribution in [1.82, 2.24) is 15.2 Å². The summed E-state index contributed by atoms with van der Waals surface area (Å²) in [5.74, 6) is 1.54. The molecule has 0 unspecified atom stereocenters. The van der Waals surface area contributed by atoms with E-state index < -0.39 is 0 Å². The van der Waals surface area contributed by atoms with Gasteiger partial charge in [0.1, 0.15) is 17.6 Å². The molecular formula is C23H21Cl2N3OS. The van der Waals surface area contributed by atoms with E-state index in [9.17, 15) is 0 Å². The number of thiocarbonyl (C=S) groups is 1. The molecule has 2 fully saturated rings. The fourth-order valence-electron chi connectivity index (χ4n) is 4.60. The molecule has 1 aliphatic heterocycles. The lowest BCUT2D eigenvalue weighted by Crippen LogP contribution is -2.37. The lowest BCUT2D eigenvalue weighted by atomic mass is 10.0. The number of rotatable bonds is 4. The van der Waals surface area contributed by atoms with E-state index in [-0.39, 0.29) is 12.1 Å². The minimum absolute atomic E-state index is 0.0674. The van der Waals surface area contributed by atoms with Crippen LogP contribution in [0.15, 0.2) is 59.1 Å². The van der Waals surface area contributed by atoms with Crippen molar-refractivity contribution in [1.29, 1.82) is 0 Å². The summed E-state index contributed by atoms with van der Waals surface area (Å²) in [6.07, 6.45) is 6.55. The Morgan fingerprint density at radius 1 is 1.03 bits per heavy atom. The Morgan fingerprint density at radius 3 is 2.63 bits per heavy atom. The van der Waals surface area contributed by atoms with Gasteiger partial charge in [-0.2, -0.15) is 0 Å². The van der Waals surface area contributed by atoms with Crippen LogP contribution in [-0.2, 0) is 0 Å². The number of hydrogen-bond donors (Lipinski definition) is 1. The zero-order valence-electron chi connectivity index (χ0n) is 16.2. The molecule has 5 rings (SSSR count). The molecule has 2 aliphatic rings. The van der Waals surface area contributed by atoms with Crippen LogP contribution in [0, 0.1) is 0 Å². The van der Waals surface area contributed by atoms with Crippen LogP contribution in [0.1, 0.15) is 49.2 Å². The van der Waals surface area contributed by atoms with Crippen molar-refractivity contribution in [3.8, 4) is 11.3 Å². The van der Waals surface area contributed by atoms with Crippen molar-refractivity contribution in [3.05, 3.63) is 76.2 Å². The van der Waals surface area contributed by atoms with Crippen LogP contribution in [-0.4, -0.2) is 21.0 Å². The molecule has 2 aromatic heterocycles. The Morgan fingerprint density at radius 2 is 1.87 bits per heavy atom. The first kappa shape index (κ1) is 19.9. The minimum Gasteiger partial charge on any atom is -0.459 e. The van der Waals surface area contributed by atoms with Crippen LogP contribution in [0.25, 0.3) is 11.3 Å². The SMILES string of the molecule is S=C1N[C@H](c2ccccn2)[C@H](c2ccc(-c3cccc(Cl)c3Cl)o2)N1C1CCCC1. The number of hydrogen-bond acceptors (Lipinski definition) is 3. The van der Waals surface area contributed by atoms with Crippen molar-refractivity contribution in [3.63, 3.8) is 0 Å². The van der Waals surface area contributed by atoms with Gasteiger partial charge < -0.3 is 14.6 Å².